The smallest absolute Gasteiger partial charge is 0.235 e. The number of halogens is 2. The van der Waals surface area contributed by atoms with E-state index in [1.165, 1.54) is 12.1 Å². The molecular weight excluding hydrogens is 315 g/mol. The monoisotopic (exact) mass is 328 g/mol. The molecule has 0 radical (unpaired) electrons. The van der Waals surface area contributed by atoms with Crippen LogP contribution in [0.25, 0.3) is 0 Å². The van der Waals surface area contributed by atoms with Crippen LogP contribution in [0.2, 0.25) is 0 Å². The number of alkyl halides is 1. The second-order valence-electron chi connectivity index (χ2n) is 4.52. The van der Waals surface area contributed by atoms with Crippen molar-refractivity contribution in [1.29, 1.82) is 0 Å². The standard InChI is InChI=1S/C15H14ClFO3S/c16-21(18,19)11-15(17)13-6-8-14(9-7-13)20-10-12-4-2-1-3-5-12/h1-9,15H,10-11H2. The van der Waals surface area contributed by atoms with E-state index in [0.29, 0.717) is 12.4 Å². The summed E-state index contributed by atoms with van der Waals surface area (Å²) in [5.41, 5.74) is 1.28. The number of rotatable bonds is 6. The Morgan fingerprint density at radius 1 is 1.05 bits per heavy atom. The van der Waals surface area contributed by atoms with Gasteiger partial charge >= 0.3 is 0 Å². The summed E-state index contributed by atoms with van der Waals surface area (Å²) >= 11 is 0. The molecular formula is C15H14ClFO3S. The lowest BCUT2D eigenvalue weighted by Crippen LogP contribution is -2.05. The minimum atomic E-state index is -3.86. The van der Waals surface area contributed by atoms with Gasteiger partial charge in [0, 0.05) is 10.7 Å². The van der Waals surface area contributed by atoms with E-state index in [4.69, 9.17) is 15.4 Å². The van der Waals surface area contributed by atoms with E-state index in [1.54, 1.807) is 12.1 Å². The molecule has 21 heavy (non-hydrogen) atoms. The summed E-state index contributed by atoms with van der Waals surface area (Å²) in [7, 11) is 1.17. The van der Waals surface area contributed by atoms with Gasteiger partial charge in [-0.05, 0) is 23.3 Å². The quantitative estimate of drug-likeness (QED) is 0.757. The summed E-state index contributed by atoms with van der Waals surface area (Å²) in [6.07, 6.45) is -1.64. The molecule has 2 rings (SSSR count). The summed E-state index contributed by atoms with van der Waals surface area (Å²) in [5, 5.41) is 0. The molecule has 0 heterocycles. The van der Waals surface area contributed by atoms with Crippen molar-refractivity contribution in [3.8, 4) is 5.75 Å². The third kappa shape index (κ3) is 5.36. The average molecular weight is 329 g/mol. The first kappa shape index (κ1) is 15.8. The van der Waals surface area contributed by atoms with Gasteiger partial charge in [-0.2, -0.15) is 0 Å². The van der Waals surface area contributed by atoms with E-state index >= 15 is 0 Å². The van der Waals surface area contributed by atoms with Crippen LogP contribution < -0.4 is 4.74 Å². The zero-order valence-electron chi connectivity index (χ0n) is 11.1. The minimum Gasteiger partial charge on any atom is -0.489 e. The molecule has 112 valence electrons. The van der Waals surface area contributed by atoms with Gasteiger partial charge in [-0.15, -0.1) is 0 Å². The first-order chi connectivity index (χ1) is 9.94. The van der Waals surface area contributed by atoms with E-state index < -0.39 is 21.0 Å². The Balaban J connectivity index is 1.96. The van der Waals surface area contributed by atoms with Crippen molar-refractivity contribution in [2.45, 2.75) is 12.8 Å². The summed E-state index contributed by atoms with van der Waals surface area (Å²) in [6, 6.07) is 15.8. The van der Waals surface area contributed by atoms with Crippen LogP contribution in [-0.2, 0) is 15.7 Å². The molecule has 2 aromatic rings. The number of ether oxygens (including phenoxy) is 1. The maximum absolute atomic E-state index is 13.7. The Kier molecular flexibility index (Phi) is 5.20. The van der Waals surface area contributed by atoms with Crippen molar-refractivity contribution in [3.63, 3.8) is 0 Å². The van der Waals surface area contributed by atoms with Crippen molar-refractivity contribution in [2.75, 3.05) is 5.75 Å². The highest BCUT2D eigenvalue weighted by atomic mass is 35.7. The lowest BCUT2D eigenvalue weighted by Gasteiger charge is -2.09. The van der Waals surface area contributed by atoms with E-state index in [0.717, 1.165) is 5.56 Å². The zero-order valence-corrected chi connectivity index (χ0v) is 12.6. The van der Waals surface area contributed by atoms with Gasteiger partial charge in [0.05, 0.1) is 0 Å². The molecule has 0 aromatic heterocycles. The predicted molar refractivity (Wildman–Crippen MR) is 80.7 cm³/mol. The van der Waals surface area contributed by atoms with Crippen molar-refractivity contribution >= 4 is 19.7 Å². The Hall–Kier alpha value is -1.59. The van der Waals surface area contributed by atoms with Crippen LogP contribution in [-0.4, -0.2) is 14.2 Å². The highest BCUT2D eigenvalue weighted by molar-refractivity contribution is 8.13. The molecule has 1 unspecified atom stereocenters. The summed E-state index contributed by atoms with van der Waals surface area (Å²) in [4.78, 5) is 0. The molecule has 0 bridgehead atoms. The number of hydrogen-bond donors (Lipinski definition) is 0. The maximum atomic E-state index is 13.7. The third-order valence-corrected chi connectivity index (χ3v) is 3.90. The minimum absolute atomic E-state index is 0.256. The Morgan fingerprint density at radius 2 is 1.67 bits per heavy atom. The molecule has 1 atom stereocenters. The first-order valence-electron chi connectivity index (χ1n) is 6.27. The Bertz CT molecular complexity index is 672. The van der Waals surface area contributed by atoms with Gasteiger partial charge in [-0.1, -0.05) is 42.5 Å². The highest BCUT2D eigenvalue weighted by Gasteiger charge is 2.18. The van der Waals surface area contributed by atoms with Crippen LogP contribution in [0, 0.1) is 0 Å². The van der Waals surface area contributed by atoms with E-state index in [9.17, 15) is 12.8 Å². The molecule has 0 spiro atoms. The Labute approximate surface area is 127 Å². The molecule has 0 aliphatic rings. The molecule has 0 aliphatic heterocycles. The summed E-state index contributed by atoms with van der Waals surface area (Å²) < 4.78 is 41.0. The van der Waals surface area contributed by atoms with Gasteiger partial charge in [0.2, 0.25) is 9.05 Å². The van der Waals surface area contributed by atoms with Gasteiger partial charge in [0.15, 0.2) is 0 Å². The van der Waals surface area contributed by atoms with Crippen molar-refractivity contribution in [1.82, 2.24) is 0 Å². The van der Waals surface area contributed by atoms with Crippen LogP contribution in [0.1, 0.15) is 17.3 Å². The van der Waals surface area contributed by atoms with Gasteiger partial charge in [-0.25, -0.2) is 12.8 Å². The van der Waals surface area contributed by atoms with Crippen LogP contribution in [0.4, 0.5) is 4.39 Å². The molecule has 0 saturated carbocycles. The second-order valence-corrected chi connectivity index (χ2v) is 7.34. The largest absolute Gasteiger partial charge is 0.489 e. The van der Waals surface area contributed by atoms with Gasteiger partial charge in [0.1, 0.15) is 24.3 Å². The molecule has 3 nitrogen and oxygen atoms in total. The zero-order chi connectivity index (χ0) is 15.3. The summed E-state index contributed by atoms with van der Waals surface area (Å²) in [6.45, 7) is 0.412. The molecule has 6 heteroatoms. The second kappa shape index (κ2) is 6.91. The van der Waals surface area contributed by atoms with Gasteiger partial charge in [0.25, 0.3) is 0 Å². The van der Waals surface area contributed by atoms with E-state index in [2.05, 4.69) is 0 Å². The number of hydrogen-bond acceptors (Lipinski definition) is 3. The summed E-state index contributed by atoms with van der Waals surface area (Å²) in [5.74, 6) is -0.151. The fourth-order valence-electron chi connectivity index (χ4n) is 1.78. The Morgan fingerprint density at radius 3 is 2.24 bits per heavy atom. The van der Waals surface area contributed by atoms with E-state index in [1.807, 2.05) is 30.3 Å². The fraction of sp³-hybridized carbons (Fsp3) is 0.200. The molecule has 2 aromatic carbocycles. The fourth-order valence-corrected chi connectivity index (χ4v) is 2.66. The van der Waals surface area contributed by atoms with Crippen molar-refractivity contribution in [2.24, 2.45) is 0 Å². The predicted octanol–water partition coefficient (Wildman–Crippen LogP) is 3.84. The number of benzene rings is 2. The normalized spacial score (nSPS) is 12.9. The van der Waals surface area contributed by atoms with Crippen molar-refractivity contribution < 1.29 is 17.5 Å². The SMILES string of the molecule is O=S(=O)(Cl)CC(F)c1ccc(OCc2ccccc2)cc1. The highest BCUT2D eigenvalue weighted by Crippen LogP contribution is 2.23. The first-order valence-corrected chi connectivity index (χ1v) is 8.75. The average Bonchev–Trinajstić information content (AvgIpc) is 2.45. The molecule has 0 amide bonds. The van der Waals surface area contributed by atoms with Crippen LogP contribution >= 0.6 is 10.7 Å². The van der Waals surface area contributed by atoms with Crippen LogP contribution in [0.15, 0.2) is 54.6 Å². The molecule has 0 aliphatic carbocycles. The van der Waals surface area contributed by atoms with Gasteiger partial charge in [-0.3, -0.25) is 0 Å². The van der Waals surface area contributed by atoms with Crippen LogP contribution in [0.3, 0.4) is 0 Å². The van der Waals surface area contributed by atoms with E-state index in [-0.39, 0.29) is 5.56 Å². The van der Waals surface area contributed by atoms with Gasteiger partial charge < -0.3 is 4.74 Å². The molecule has 0 fully saturated rings. The lowest BCUT2D eigenvalue weighted by atomic mass is 10.1. The topological polar surface area (TPSA) is 43.4 Å². The third-order valence-electron chi connectivity index (χ3n) is 2.84. The van der Waals surface area contributed by atoms with Crippen molar-refractivity contribution in [3.05, 3.63) is 65.7 Å². The lowest BCUT2D eigenvalue weighted by molar-refractivity contribution is 0.305. The molecule has 0 N–H and O–H groups in total. The molecule has 0 saturated heterocycles. The maximum Gasteiger partial charge on any atom is 0.235 e. The van der Waals surface area contributed by atoms with Crippen LogP contribution in [0.5, 0.6) is 5.75 Å².